The number of hydrogen-bond donors (Lipinski definition) is 1. The first-order chi connectivity index (χ1) is 11.4. The molecule has 0 aromatic heterocycles. The zero-order chi connectivity index (χ0) is 17.6. The number of ether oxygens (including phenoxy) is 1. The molecule has 24 heavy (non-hydrogen) atoms. The molecule has 128 valence electrons. The van der Waals surface area contributed by atoms with Crippen LogP contribution >= 0.6 is 0 Å². The SMILES string of the molecule is CC(Oc1ccccc1)C(=O)NCCc1cccc(C(F)(F)F)c1. The molecule has 6 heteroatoms. The lowest BCUT2D eigenvalue weighted by molar-refractivity contribution is -0.137. The van der Waals surface area contributed by atoms with Crippen LogP contribution in [0.4, 0.5) is 13.2 Å². The van der Waals surface area contributed by atoms with Crippen molar-refractivity contribution in [1.82, 2.24) is 5.32 Å². The molecule has 0 radical (unpaired) electrons. The Morgan fingerprint density at radius 2 is 1.83 bits per heavy atom. The van der Waals surface area contributed by atoms with Crippen molar-refractivity contribution in [2.45, 2.75) is 25.6 Å². The van der Waals surface area contributed by atoms with Crippen molar-refractivity contribution in [2.75, 3.05) is 6.54 Å². The van der Waals surface area contributed by atoms with Crippen LogP contribution in [-0.4, -0.2) is 18.6 Å². The van der Waals surface area contributed by atoms with Crippen molar-refractivity contribution in [3.05, 3.63) is 65.7 Å². The van der Waals surface area contributed by atoms with E-state index in [-0.39, 0.29) is 12.5 Å². The molecule has 3 nitrogen and oxygen atoms in total. The van der Waals surface area contributed by atoms with Gasteiger partial charge in [0.25, 0.3) is 5.91 Å². The molecule has 1 atom stereocenters. The maximum atomic E-state index is 12.6. The summed E-state index contributed by atoms with van der Waals surface area (Å²) in [7, 11) is 0. The number of carbonyl (C=O) groups is 1. The Hall–Kier alpha value is -2.50. The minimum atomic E-state index is -4.36. The molecule has 0 saturated carbocycles. The maximum absolute atomic E-state index is 12.6. The quantitative estimate of drug-likeness (QED) is 0.870. The van der Waals surface area contributed by atoms with Gasteiger partial charge in [0.15, 0.2) is 6.10 Å². The van der Waals surface area contributed by atoms with Gasteiger partial charge in [0.1, 0.15) is 5.75 Å². The van der Waals surface area contributed by atoms with Crippen LogP contribution < -0.4 is 10.1 Å². The topological polar surface area (TPSA) is 38.3 Å². The van der Waals surface area contributed by atoms with E-state index >= 15 is 0 Å². The van der Waals surface area contributed by atoms with Gasteiger partial charge in [0, 0.05) is 6.54 Å². The number of carbonyl (C=O) groups excluding carboxylic acids is 1. The summed E-state index contributed by atoms with van der Waals surface area (Å²) in [5, 5.41) is 2.66. The fourth-order valence-corrected chi connectivity index (χ4v) is 2.13. The van der Waals surface area contributed by atoms with Crippen molar-refractivity contribution >= 4 is 5.91 Å². The molecule has 0 aliphatic heterocycles. The minimum Gasteiger partial charge on any atom is -0.481 e. The minimum absolute atomic E-state index is 0.239. The summed E-state index contributed by atoms with van der Waals surface area (Å²) in [6, 6.07) is 14.0. The Labute approximate surface area is 138 Å². The molecule has 0 fully saturated rings. The molecular weight excluding hydrogens is 319 g/mol. The molecule has 1 unspecified atom stereocenters. The van der Waals surface area contributed by atoms with Crippen molar-refractivity contribution in [1.29, 1.82) is 0 Å². The molecule has 0 spiro atoms. The lowest BCUT2D eigenvalue weighted by Crippen LogP contribution is -2.37. The summed E-state index contributed by atoms with van der Waals surface area (Å²) >= 11 is 0. The first kappa shape index (κ1) is 17.8. The van der Waals surface area contributed by atoms with Crippen molar-refractivity contribution < 1.29 is 22.7 Å². The number of alkyl halides is 3. The van der Waals surface area contributed by atoms with E-state index in [1.807, 2.05) is 6.07 Å². The first-order valence-electron chi connectivity index (χ1n) is 7.52. The fourth-order valence-electron chi connectivity index (χ4n) is 2.13. The molecule has 0 aliphatic rings. The van der Waals surface area contributed by atoms with Crippen LogP contribution in [0.2, 0.25) is 0 Å². The average Bonchev–Trinajstić information content (AvgIpc) is 2.55. The zero-order valence-electron chi connectivity index (χ0n) is 13.1. The van der Waals surface area contributed by atoms with Crippen molar-refractivity contribution in [3.63, 3.8) is 0 Å². The van der Waals surface area contributed by atoms with Gasteiger partial charge in [-0.15, -0.1) is 0 Å². The van der Waals surface area contributed by atoms with Gasteiger partial charge in [-0.2, -0.15) is 13.2 Å². The van der Waals surface area contributed by atoms with Crippen molar-refractivity contribution in [2.24, 2.45) is 0 Å². The number of halogens is 3. The predicted molar refractivity (Wildman–Crippen MR) is 84.7 cm³/mol. The van der Waals surface area contributed by atoms with Gasteiger partial charge in [-0.25, -0.2) is 0 Å². The fraction of sp³-hybridized carbons (Fsp3) is 0.278. The Kier molecular flexibility index (Phi) is 5.84. The molecule has 2 rings (SSSR count). The molecule has 0 bridgehead atoms. The first-order valence-corrected chi connectivity index (χ1v) is 7.52. The molecule has 0 saturated heterocycles. The van der Waals surface area contributed by atoms with Gasteiger partial charge < -0.3 is 10.1 Å². The normalized spacial score (nSPS) is 12.5. The van der Waals surface area contributed by atoms with Crippen LogP contribution in [0, 0.1) is 0 Å². The average molecular weight is 337 g/mol. The lowest BCUT2D eigenvalue weighted by atomic mass is 10.1. The number of para-hydroxylation sites is 1. The van der Waals surface area contributed by atoms with E-state index in [1.54, 1.807) is 37.3 Å². The standard InChI is InChI=1S/C18H18F3NO2/c1-13(24-16-8-3-2-4-9-16)17(23)22-11-10-14-6-5-7-15(12-14)18(19,20)21/h2-9,12-13H,10-11H2,1H3,(H,22,23). The highest BCUT2D eigenvalue weighted by atomic mass is 19.4. The van der Waals surface area contributed by atoms with E-state index in [4.69, 9.17) is 4.74 Å². The number of hydrogen-bond acceptors (Lipinski definition) is 2. The summed E-state index contributed by atoms with van der Waals surface area (Å²) in [4.78, 5) is 11.9. The third kappa shape index (κ3) is 5.30. The molecular formula is C18H18F3NO2. The van der Waals surface area contributed by atoms with Crippen molar-refractivity contribution in [3.8, 4) is 5.75 Å². The molecule has 2 aromatic rings. The highest BCUT2D eigenvalue weighted by molar-refractivity contribution is 5.80. The number of benzene rings is 2. The number of rotatable bonds is 6. The summed E-state index contributed by atoms with van der Waals surface area (Å²) < 4.78 is 43.4. The van der Waals surface area contributed by atoms with E-state index < -0.39 is 17.8 Å². The largest absolute Gasteiger partial charge is 0.481 e. The maximum Gasteiger partial charge on any atom is 0.416 e. The summed E-state index contributed by atoms with van der Waals surface area (Å²) in [6.45, 7) is 1.86. The van der Waals surface area contributed by atoms with E-state index in [1.165, 1.54) is 6.07 Å². The van der Waals surface area contributed by atoms with Crippen LogP contribution in [0.1, 0.15) is 18.1 Å². The highest BCUT2D eigenvalue weighted by Crippen LogP contribution is 2.29. The second-order valence-corrected chi connectivity index (χ2v) is 5.31. The molecule has 1 N–H and O–H groups in total. The Balaban J connectivity index is 1.82. The van der Waals surface area contributed by atoms with Crippen LogP contribution in [0.25, 0.3) is 0 Å². The van der Waals surface area contributed by atoms with Crippen LogP contribution in [-0.2, 0) is 17.4 Å². The van der Waals surface area contributed by atoms with E-state index in [0.29, 0.717) is 17.7 Å². The molecule has 0 aliphatic carbocycles. The van der Waals surface area contributed by atoms with Gasteiger partial charge in [-0.3, -0.25) is 4.79 Å². The van der Waals surface area contributed by atoms with Crippen LogP contribution in [0.3, 0.4) is 0 Å². The summed E-state index contributed by atoms with van der Waals surface area (Å²) in [6.07, 6.45) is -4.74. The third-order valence-corrected chi connectivity index (χ3v) is 3.39. The van der Waals surface area contributed by atoms with Crippen LogP contribution in [0.5, 0.6) is 5.75 Å². The summed E-state index contributed by atoms with van der Waals surface area (Å²) in [5.41, 5.74) is -0.172. The van der Waals surface area contributed by atoms with E-state index in [0.717, 1.165) is 12.1 Å². The highest BCUT2D eigenvalue weighted by Gasteiger charge is 2.30. The van der Waals surface area contributed by atoms with Gasteiger partial charge in [-0.05, 0) is 37.1 Å². The van der Waals surface area contributed by atoms with E-state index in [2.05, 4.69) is 5.32 Å². The number of amides is 1. The zero-order valence-corrected chi connectivity index (χ0v) is 13.1. The lowest BCUT2D eigenvalue weighted by Gasteiger charge is -2.15. The Morgan fingerprint density at radius 1 is 1.12 bits per heavy atom. The van der Waals surface area contributed by atoms with Gasteiger partial charge in [0.05, 0.1) is 5.56 Å². The second-order valence-electron chi connectivity index (χ2n) is 5.31. The third-order valence-electron chi connectivity index (χ3n) is 3.39. The van der Waals surface area contributed by atoms with Crippen LogP contribution in [0.15, 0.2) is 54.6 Å². The molecule has 0 heterocycles. The monoisotopic (exact) mass is 337 g/mol. The van der Waals surface area contributed by atoms with Gasteiger partial charge >= 0.3 is 6.18 Å². The molecule has 1 amide bonds. The van der Waals surface area contributed by atoms with Gasteiger partial charge in [-0.1, -0.05) is 36.4 Å². The summed E-state index contributed by atoms with van der Waals surface area (Å²) in [5.74, 6) is 0.267. The Bertz CT molecular complexity index is 671. The number of nitrogens with one attached hydrogen (secondary N) is 1. The molecule has 2 aromatic carbocycles. The predicted octanol–water partition coefficient (Wildman–Crippen LogP) is 3.83. The Morgan fingerprint density at radius 3 is 2.50 bits per heavy atom. The van der Waals surface area contributed by atoms with Gasteiger partial charge in [0.2, 0.25) is 0 Å². The second kappa shape index (κ2) is 7.86. The smallest absolute Gasteiger partial charge is 0.416 e. The van der Waals surface area contributed by atoms with E-state index in [9.17, 15) is 18.0 Å².